The maximum atomic E-state index is 11.7. The van der Waals surface area contributed by atoms with Crippen molar-refractivity contribution in [2.24, 2.45) is 11.8 Å². The molecule has 1 aliphatic rings. The van der Waals surface area contributed by atoms with Crippen LogP contribution in [0.15, 0.2) is 24.3 Å². The summed E-state index contributed by atoms with van der Waals surface area (Å²) in [6.07, 6.45) is 1.82. The van der Waals surface area contributed by atoms with E-state index in [2.05, 4.69) is 53.6 Å². The van der Waals surface area contributed by atoms with E-state index in [1.54, 1.807) is 0 Å². The number of aliphatic carboxylic acids is 1. The number of benzene rings is 1. The first kappa shape index (κ1) is 20.2. The van der Waals surface area contributed by atoms with Gasteiger partial charge < -0.3 is 15.7 Å². The van der Waals surface area contributed by atoms with Crippen LogP contribution in [0.2, 0.25) is 0 Å². The highest BCUT2D eigenvalue weighted by molar-refractivity contribution is 5.73. The highest BCUT2D eigenvalue weighted by atomic mass is 16.4. The summed E-state index contributed by atoms with van der Waals surface area (Å²) >= 11 is 0. The fourth-order valence-electron chi connectivity index (χ4n) is 3.63. The van der Waals surface area contributed by atoms with Crippen LogP contribution >= 0.6 is 0 Å². The van der Waals surface area contributed by atoms with Crippen LogP contribution in [0.4, 0.5) is 4.79 Å². The largest absolute Gasteiger partial charge is 0.481 e. The number of hydrogen-bond donors (Lipinski definition) is 3. The second-order valence-electron chi connectivity index (χ2n) is 7.56. The lowest BCUT2D eigenvalue weighted by Gasteiger charge is -2.35. The molecule has 1 fully saturated rings. The number of nitrogens with zero attached hydrogens (tertiary/aromatic N) is 1. The number of carboxylic acids is 1. The monoisotopic (exact) mass is 361 g/mol. The zero-order valence-electron chi connectivity index (χ0n) is 15.8. The molecule has 6 nitrogen and oxygen atoms in total. The third-order valence-corrected chi connectivity index (χ3v) is 4.68. The van der Waals surface area contributed by atoms with Gasteiger partial charge in [-0.1, -0.05) is 38.1 Å². The van der Waals surface area contributed by atoms with Crippen molar-refractivity contribution in [1.82, 2.24) is 15.5 Å². The summed E-state index contributed by atoms with van der Waals surface area (Å²) in [5.74, 6) is 0.674. The molecule has 26 heavy (non-hydrogen) atoms. The first-order valence-electron chi connectivity index (χ1n) is 9.46. The zero-order chi connectivity index (χ0) is 18.9. The van der Waals surface area contributed by atoms with E-state index in [4.69, 9.17) is 5.11 Å². The number of rotatable bonds is 8. The Balaban J connectivity index is 1.70. The molecule has 0 bridgehead atoms. The van der Waals surface area contributed by atoms with Crippen LogP contribution < -0.4 is 10.6 Å². The zero-order valence-corrected chi connectivity index (χ0v) is 15.8. The topological polar surface area (TPSA) is 81.7 Å². The first-order chi connectivity index (χ1) is 12.4. The lowest BCUT2D eigenvalue weighted by molar-refractivity contribution is -0.137. The third kappa shape index (κ3) is 7.44. The Kier molecular flexibility index (Phi) is 7.91. The molecule has 0 aliphatic carbocycles. The summed E-state index contributed by atoms with van der Waals surface area (Å²) < 4.78 is 0. The van der Waals surface area contributed by atoms with Gasteiger partial charge in [0.1, 0.15) is 0 Å². The predicted octanol–water partition coefficient (Wildman–Crippen LogP) is 2.83. The van der Waals surface area contributed by atoms with Crippen LogP contribution in [0.25, 0.3) is 0 Å². The Morgan fingerprint density at radius 2 is 1.69 bits per heavy atom. The van der Waals surface area contributed by atoms with Gasteiger partial charge in [-0.15, -0.1) is 0 Å². The molecule has 1 aromatic carbocycles. The van der Waals surface area contributed by atoms with Gasteiger partial charge in [-0.05, 0) is 35.8 Å². The fourth-order valence-corrected chi connectivity index (χ4v) is 3.63. The molecule has 3 N–H and O–H groups in total. The number of piperidine rings is 1. The number of hydrogen-bond acceptors (Lipinski definition) is 3. The van der Waals surface area contributed by atoms with Crippen molar-refractivity contribution in [2.45, 2.75) is 46.2 Å². The van der Waals surface area contributed by atoms with Crippen molar-refractivity contribution in [3.8, 4) is 0 Å². The van der Waals surface area contributed by atoms with Gasteiger partial charge in [0.05, 0.1) is 0 Å². The average Bonchev–Trinajstić information content (AvgIpc) is 2.57. The van der Waals surface area contributed by atoms with Crippen molar-refractivity contribution < 1.29 is 14.7 Å². The Hall–Kier alpha value is -2.08. The Bertz CT molecular complexity index is 578. The number of amides is 2. The average molecular weight is 361 g/mol. The van der Waals surface area contributed by atoms with E-state index in [1.165, 1.54) is 12.0 Å². The highest BCUT2D eigenvalue weighted by Crippen LogP contribution is 2.22. The lowest BCUT2D eigenvalue weighted by Crippen LogP contribution is -2.38. The summed E-state index contributed by atoms with van der Waals surface area (Å²) in [5, 5.41) is 14.0. The summed E-state index contributed by atoms with van der Waals surface area (Å²) in [7, 11) is 0. The number of carbonyl (C=O) groups is 2. The van der Waals surface area contributed by atoms with Crippen molar-refractivity contribution in [2.75, 3.05) is 19.6 Å². The lowest BCUT2D eigenvalue weighted by atomic mass is 9.91. The molecule has 2 unspecified atom stereocenters. The van der Waals surface area contributed by atoms with Gasteiger partial charge in [0.2, 0.25) is 0 Å². The van der Waals surface area contributed by atoms with Crippen LogP contribution in [-0.2, 0) is 17.9 Å². The molecule has 1 heterocycles. The minimum absolute atomic E-state index is 0.0658. The van der Waals surface area contributed by atoms with E-state index in [9.17, 15) is 9.59 Å². The molecule has 2 atom stereocenters. The fraction of sp³-hybridized carbons (Fsp3) is 0.600. The van der Waals surface area contributed by atoms with Crippen LogP contribution in [-0.4, -0.2) is 41.6 Å². The highest BCUT2D eigenvalue weighted by Gasteiger charge is 2.21. The van der Waals surface area contributed by atoms with E-state index in [0.717, 1.165) is 37.0 Å². The molecule has 144 valence electrons. The predicted molar refractivity (Wildman–Crippen MR) is 102 cm³/mol. The van der Waals surface area contributed by atoms with Crippen molar-refractivity contribution in [3.05, 3.63) is 35.4 Å². The minimum atomic E-state index is -0.847. The van der Waals surface area contributed by atoms with Gasteiger partial charge in [0.15, 0.2) is 0 Å². The molecule has 0 spiro atoms. The van der Waals surface area contributed by atoms with Crippen LogP contribution in [0.1, 0.15) is 44.2 Å². The maximum Gasteiger partial charge on any atom is 0.315 e. The van der Waals surface area contributed by atoms with E-state index in [0.29, 0.717) is 19.5 Å². The van der Waals surface area contributed by atoms with E-state index >= 15 is 0 Å². The Morgan fingerprint density at radius 1 is 1.08 bits per heavy atom. The van der Waals surface area contributed by atoms with Crippen LogP contribution in [0.3, 0.4) is 0 Å². The number of carboxylic acid groups (broad SMARTS) is 1. The molecule has 1 aliphatic heterocycles. The van der Waals surface area contributed by atoms with E-state index in [-0.39, 0.29) is 12.5 Å². The van der Waals surface area contributed by atoms with Gasteiger partial charge in [-0.3, -0.25) is 9.69 Å². The smallest absolute Gasteiger partial charge is 0.315 e. The SMILES string of the molecule is CC1CC(C)CN(Cc2ccc(CNC(=O)NCCCC(=O)O)cc2)C1. The molecule has 0 radical (unpaired) electrons. The molecule has 6 heteroatoms. The molecule has 0 saturated carbocycles. The normalized spacial score (nSPS) is 20.5. The molecule has 0 aromatic heterocycles. The maximum absolute atomic E-state index is 11.7. The van der Waals surface area contributed by atoms with Crippen molar-refractivity contribution in [3.63, 3.8) is 0 Å². The van der Waals surface area contributed by atoms with Crippen LogP contribution in [0.5, 0.6) is 0 Å². The second-order valence-corrected chi connectivity index (χ2v) is 7.56. The number of likely N-dealkylation sites (tertiary alicyclic amines) is 1. The molecule has 1 saturated heterocycles. The van der Waals surface area contributed by atoms with Gasteiger partial charge in [0.25, 0.3) is 0 Å². The number of carbonyl (C=O) groups excluding carboxylic acids is 1. The second kappa shape index (κ2) is 10.2. The van der Waals surface area contributed by atoms with E-state index in [1.807, 2.05) is 0 Å². The number of urea groups is 1. The van der Waals surface area contributed by atoms with Crippen molar-refractivity contribution >= 4 is 12.0 Å². The molecular weight excluding hydrogens is 330 g/mol. The summed E-state index contributed by atoms with van der Waals surface area (Å²) in [6.45, 7) is 8.78. The molecular formula is C20H31N3O3. The van der Waals surface area contributed by atoms with Crippen LogP contribution in [0, 0.1) is 11.8 Å². The molecule has 2 amide bonds. The number of nitrogens with one attached hydrogen (secondary N) is 2. The standard InChI is InChI=1S/C20H31N3O3/c1-15-10-16(2)13-23(12-15)14-18-7-5-17(6-8-18)11-22-20(26)21-9-3-4-19(24)25/h5-8,15-16H,3-4,9-14H2,1-2H3,(H,24,25)(H2,21,22,26). The summed E-state index contributed by atoms with van der Waals surface area (Å²) in [4.78, 5) is 24.6. The van der Waals surface area contributed by atoms with Gasteiger partial charge in [-0.25, -0.2) is 4.79 Å². The molecule has 2 rings (SSSR count). The quantitative estimate of drug-likeness (QED) is 0.622. The molecule has 1 aromatic rings. The Labute approximate surface area is 156 Å². The minimum Gasteiger partial charge on any atom is -0.481 e. The first-order valence-corrected chi connectivity index (χ1v) is 9.46. The van der Waals surface area contributed by atoms with Crippen molar-refractivity contribution in [1.29, 1.82) is 0 Å². The van der Waals surface area contributed by atoms with Gasteiger partial charge in [0, 0.05) is 39.1 Å². The summed E-state index contributed by atoms with van der Waals surface area (Å²) in [6, 6.07) is 8.10. The third-order valence-electron chi connectivity index (χ3n) is 4.68. The Morgan fingerprint density at radius 3 is 2.31 bits per heavy atom. The van der Waals surface area contributed by atoms with Gasteiger partial charge >= 0.3 is 12.0 Å². The summed E-state index contributed by atoms with van der Waals surface area (Å²) in [5.41, 5.74) is 2.35. The van der Waals surface area contributed by atoms with E-state index < -0.39 is 5.97 Å². The van der Waals surface area contributed by atoms with Gasteiger partial charge in [-0.2, -0.15) is 0 Å².